The van der Waals surface area contributed by atoms with Crippen LogP contribution in [0.3, 0.4) is 0 Å². The van der Waals surface area contributed by atoms with Gasteiger partial charge in [0.2, 0.25) is 0 Å². The van der Waals surface area contributed by atoms with E-state index in [1.165, 1.54) is 9.79 Å². The maximum atomic E-state index is 4.74. The molecule has 0 radical (unpaired) electrons. The fourth-order valence-electron chi connectivity index (χ4n) is 2.95. The Morgan fingerprint density at radius 1 is 0.571 bits per heavy atom. The van der Waals surface area contributed by atoms with E-state index in [0.717, 1.165) is 22.5 Å². The summed E-state index contributed by atoms with van der Waals surface area (Å²) in [6.45, 7) is 0. The van der Waals surface area contributed by atoms with Gasteiger partial charge in [-0.15, -0.1) is 23.5 Å². The second kappa shape index (κ2) is 8.54. The van der Waals surface area contributed by atoms with E-state index in [1.54, 1.807) is 35.9 Å². The Kier molecular flexibility index (Phi) is 5.69. The first kappa shape index (κ1) is 18.7. The van der Waals surface area contributed by atoms with Gasteiger partial charge in [0.1, 0.15) is 0 Å². The summed E-state index contributed by atoms with van der Waals surface area (Å²) >= 11 is 3.40. The van der Waals surface area contributed by atoms with Gasteiger partial charge in [0.25, 0.3) is 0 Å². The minimum Gasteiger partial charge on any atom is -0.234 e. The molecule has 4 rings (SSSR count). The zero-order valence-electron chi connectivity index (χ0n) is 15.5. The van der Waals surface area contributed by atoms with Crippen molar-refractivity contribution in [2.75, 3.05) is 12.5 Å². The molecule has 2 heterocycles. The first-order chi connectivity index (χ1) is 13.8. The van der Waals surface area contributed by atoms with Gasteiger partial charge in [-0.2, -0.15) is 0 Å². The predicted octanol–water partition coefficient (Wildman–Crippen LogP) is 5.71. The second-order valence-electron chi connectivity index (χ2n) is 5.93. The molecule has 0 atom stereocenters. The zero-order chi connectivity index (χ0) is 19.3. The van der Waals surface area contributed by atoms with Crippen LogP contribution in [0.4, 0.5) is 0 Å². The van der Waals surface area contributed by atoms with Crippen LogP contribution in [0.5, 0.6) is 0 Å². The second-order valence-corrected chi connectivity index (χ2v) is 7.63. The summed E-state index contributed by atoms with van der Waals surface area (Å²) in [4.78, 5) is 20.7. The number of aromatic nitrogens is 4. The molecule has 0 saturated carbocycles. The van der Waals surface area contributed by atoms with Crippen molar-refractivity contribution in [3.8, 4) is 34.2 Å². The summed E-state index contributed by atoms with van der Waals surface area (Å²) < 4.78 is 0. The minimum atomic E-state index is 0.525. The monoisotopic (exact) mass is 402 g/mol. The number of hydrogen-bond donors (Lipinski definition) is 0. The molecular weight excluding hydrogens is 384 g/mol. The summed E-state index contributed by atoms with van der Waals surface area (Å²) in [5.41, 5.74) is 3.91. The lowest BCUT2D eigenvalue weighted by Crippen LogP contribution is -1.98. The lowest BCUT2D eigenvalue weighted by atomic mass is 10.1. The van der Waals surface area contributed by atoms with Gasteiger partial charge >= 0.3 is 0 Å². The maximum Gasteiger partial charge on any atom is 0.198 e. The van der Waals surface area contributed by atoms with Crippen LogP contribution < -0.4 is 0 Å². The van der Waals surface area contributed by atoms with Crippen molar-refractivity contribution in [1.82, 2.24) is 19.9 Å². The van der Waals surface area contributed by atoms with Gasteiger partial charge in [-0.05, 0) is 36.8 Å². The SMILES string of the molecule is CSc1ccccc1-c1ccnc(-c2nccc(-c3ccccc3SC)n2)n1. The largest absolute Gasteiger partial charge is 0.234 e. The van der Waals surface area contributed by atoms with Crippen LogP contribution in [0.15, 0.2) is 82.8 Å². The normalized spacial score (nSPS) is 10.8. The van der Waals surface area contributed by atoms with Crippen molar-refractivity contribution in [3.63, 3.8) is 0 Å². The van der Waals surface area contributed by atoms with Crippen LogP contribution in [0.25, 0.3) is 34.2 Å². The summed E-state index contributed by atoms with van der Waals surface area (Å²) in [7, 11) is 0. The Hall–Kier alpha value is -2.70. The van der Waals surface area contributed by atoms with Crippen LogP contribution in [0, 0.1) is 0 Å². The van der Waals surface area contributed by atoms with E-state index >= 15 is 0 Å². The van der Waals surface area contributed by atoms with Gasteiger partial charge < -0.3 is 0 Å². The first-order valence-corrected chi connectivity index (χ1v) is 11.2. The van der Waals surface area contributed by atoms with Gasteiger partial charge in [-0.25, -0.2) is 19.9 Å². The zero-order valence-corrected chi connectivity index (χ0v) is 17.2. The van der Waals surface area contributed by atoms with E-state index in [1.807, 2.05) is 36.4 Å². The summed E-state index contributed by atoms with van der Waals surface area (Å²) in [6, 6.07) is 20.3. The molecular formula is C22H18N4S2. The number of benzene rings is 2. The molecule has 0 N–H and O–H groups in total. The third-order valence-corrected chi connectivity index (χ3v) is 5.87. The quantitative estimate of drug-likeness (QED) is 0.399. The lowest BCUT2D eigenvalue weighted by Gasteiger charge is -2.09. The fraction of sp³-hybridized carbons (Fsp3) is 0.0909. The number of hydrogen-bond acceptors (Lipinski definition) is 6. The lowest BCUT2D eigenvalue weighted by molar-refractivity contribution is 1.08. The van der Waals surface area contributed by atoms with E-state index in [0.29, 0.717) is 11.6 Å². The Bertz CT molecular complexity index is 1030. The van der Waals surface area contributed by atoms with Gasteiger partial charge in [0, 0.05) is 33.3 Å². The molecule has 0 spiro atoms. The maximum absolute atomic E-state index is 4.74. The van der Waals surface area contributed by atoms with Crippen molar-refractivity contribution in [2.24, 2.45) is 0 Å². The number of rotatable bonds is 5. The van der Waals surface area contributed by atoms with Crippen LogP contribution in [-0.2, 0) is 0 Å². The van der Waals surface area contributed by atoms with Crippen molar-refractivity contribution in [1.29, 1.82) is 0 Å². The van der Waals surface area contributed by atoms with Gasteiger partial charge in [-0.3, -0.25) is 0 Å². The summed E-state index contributed by atoms with van der Waals surface area (Å²) in [5, 5.41) is 0. The molecule has 4 nitrogen and oxygen atoms in total. The Morgan fingerprint density at radius 2 is 1.00 bits per heavy atom. The summed E-state index contributed by atoms with van der Waals surface area (Å²) in [5.74, 6) is 1.05. The molecule has 0 aliphatic rings. The minimum absolute atomic E-state index is 0.525. The van der Waals surface area contributed by atoms with Crippen molar-refractivity contribution < 1.29 is 0 Å². The molecule has 0 unspecified atom stereocenters. The highest BCUT2D eigenvalue weighted by atomic mass is 32.2. The van der Waals surface area contributed by atoms with Gasteiger partial charge in [0.05, 0.1) is 11.4 Å². The highest BCUT2D eigenvalue weighted by molar-refractivity contribution is 7.99. The average Bonchev–Trinajstić information content (AvgIpc) is 2.79. The van der Waals surface area contributed by atoms with E-state index in [2.05, 4.69) is 46.7 Å². The first-order valence-electron chi connectivity index (χ1n) is 8.73. The molecule has 6 heteroatoms. The molecule has 28 heavy (non-hydrogen) atoms. The highest BCUT2D eigenvalue weighted by Crippen LogP contribution is 2.31. The topological polar surface area (TPSA) is 51.6 Å². The highest BCUT2D eigenvalue weighted by Gasteiger charge is 2.12. The predicted molar refractivity (Wildman–Crippen MR) is 117 cm³/mol. The molecule has 4 aromatic rings. The van der Waals surface area contributed by atoms with Gasteiger partial charge in [-0.1, -0.05) is 36.4 Å². The standard InChI is InChI=1S/C22H18N4S2/c1-27-19-9-5-3-7-15(19)17-11-13-23-21(25-17)22-24-14-12-18(26-22)16-8-4-6-10-20(16)28-2/h3-14H,1-2H3. The van der Waals surface area contributed by atoms with Crippen molar-refractivity contribution in [3.05, 3.63) is 73.1 Å². The van der Waals surface area contributed by atoms with Crippen molar-refractivity contribution in [2.45, 2.75) is 9.79 Å². The Labute approximate surface area is 172 Å². The van der Waals surface area contributed by atoms with Crippen LogP contribution in [-0.4, -0.2) is 32.4 Å². The number of nitrogens with zero attached hydrogens (tertiary/aromatic N) is 4. The Morgan fingerprint density at radius 3 is 1.43 bits per heavy atom. The Balaban J connectivity index is 1.77. The molecule has 2 aromatic heterocycles. The van der Waals surface area contributed by atoms with E-state index in [9.17, 15) is 0 Å². The summed E-state index contributed by atoms with van der Waals surface area (Å²) in [6.07, 6.45) is 7.66. The molecule has 0 aliphatic carbocycles. The van der Waals surface area contributed by atoms with Crippen LogP contribution >= 0.6 is 23.5 Å². The van der Waals surface area contributed by atoms with Crippen molar-refractivity contribution >= 4 is 23.5 Å². The molecule has 138 valence electrons. The molecule has 0 bridgehead atoms. The molecule has 0 amide bonds. The average molecular weight is 403 g/mol. The molecule has 0 saturated heterocycles. The number of thioether (sulfide) groups is 2. The third-order valence-electron chi connectivity index (χ3n) is 4.28. The van der Waals surface area contributed by atoms with E-state index < -0.39 is 0 Å². The third kappa shape index (κ3) is 3.79. The van der Waals surface area contributed by atoms with E-state index in [-0.39, 0.29) is 0 Å². The molecule has 0 fully saturated rings. The molecule has 0 aliphatic heterocycles. The van der Waals surface area contributed by atoms with Gasteiger partial charge in [0.15, 0.2) is 11.6 Å². The smallest absolute Gasteiger partial charge is 0.198 e. The molecule has 2 aromatic carbocycles. The van der Waals surface area contributed by atoms with Crippen LogP contribution in [0.2, 0.25) is 0 Å². The van der Waals surface area contributed by atoms with Crippen LogP contribution in [0.1, 0.15) is 0 Å². The van der Waals surface area contributed by atoms with E-state index in [4.69, 9.17) is 9.97 Å². The fourth-order valence-corrected chi connectivity index (χ4v) is 4.16.